The smallest absolute Gasteiger partial charge is 0.219 e. The first kappa shape index (κ1) is 20.7. The Hall–Kier alpha value is -1.31. The molecule has 0 spiro atoms. The second kappa shape index (κ2) is 10.4. The number of hydrogen-bond acceptors (Lipinski definition) is 1. The fourth-order valence-electron chi connectivity index (χ4n) is 2.93. The van der Waals surface area contributed by atoms with Crippen LogP contribution in [-0.4, -0.2) is 23.9 Å². The molecule has 1 atom stereocenters. The maximum absolute atomic E-state index is 11.5. The number of piperidine rings is 1. The van der Waals surface area contributed by atoms with Crippen LogP contribution >= 0.6 is 0 Å². The van der Waals surface area contributed by atoms with E-state index in [1.807, 2.05) is 32.6 Å². The van der Waals surface area contributed by atoms with Crippen molar-refractivity contribution in [2.24, 2.45) is 5.41 Å². The molecule has 1 aliphatic heterocycles. The summed E-state index contributed by atoms with van der Waals surface area (Å²) >= 11 is 0. The van der Waals surface area contributed by atoms with Gasteiger partial charge in [-0.25, -0.2) is 0 Å². The highest BCUT2D eigenvalue weighted by Gasteiger charge is 2.32. The molecule has 1 aromatic carbocycles. The lowest BCUT2D eigenvalue weighted by atomic mass is 9.77. The molecule has 1 amide bonds. The summed E-state index contributed by atoms with van der Waals surface area (Å²) in [6.45, 7) is 15.9. The zero-order chi connectivity index (χ0) is 17.2. The van der Waals surface area contributed by atoms with Gasteiger partial charge >= 0.3 is 0 Å². The number of hydrogen-bond donors (Lipinski definition) is 0. The van der Waals surface area contributed by atoms with E-state index in [0.29, 0.717) is 0 Å². The van der Waals surface area contributed by atoms with Gasteiger partial charge in [-0.3, -0.25) is 4.79 Å². The standard InChI is InChI=1S/C16H23NO.2C2H6/c1-13-5-7-15(8-6-13)11-16(3)9-4-10-17(12-16)14(2)18;2*1-2/h5-8H,4,9-12H2,1-3H3;2*1-2H3. The normalized spacial score (nSPS) is 20.2. The minimum atomic E-state index is 0.213. The van der Waals surface area contributed by atoms with Gasteiger partial charge in [0.2, 0.25) is 5.91 Å². The van der Waals surface area contributed by atoms with Crippen molar-refractivity contribution in [1.29, 1.82) is 0 Å². The fraction of sp³-hybridized carbons (Fsp3) is 0.650. The van der Waals surface area contributed by atoms with Crippen LogP contribution in [0.25, 0.3) is 0 Å². The van der Waals surface area contributed by atoms with E-state index in [9.17, 15) is 4.79 Å². The van der Waals surface area contributed by atoms with Crippen LogP contribution in [0.15, 0.2) is 24.3 Å². The van der Waals surface area contributed by atoms with Crippen molar-refractivity contribution in [1.82, 2.24) is 4.90 Å². The lowest BCUT2D eigenvalue weighted by molar-refractivity contribution is -0.132. The van der Waals surface area contributed by atoms with Crippen LogP contribution in [0.2, 0.25) is 0 Å². The molecule has 1 fully saturated rings. The quantitative estimate of drug-likeness (QED) is 0.732. The highest BCUT2D eigenvalue weighted by molar-refractivity contribution is 5.73. The molecule has 0 radical (unpaired) electrons. The number of nitrogens with zero attached hydrogens (tertiary/aromatic N) is 1. The molecular formula is C20H35NO. The van der Waals surface area contributed by atoms with Gasteiger partial charge in [-0.1, -0.05) is 64.4 Å². The van der Waals surface area contributed by atoms with Gasteiger partial charge < -0.3 is 4.90 Å². The molecule has 1 saturated heterocycles. The number of benzene rings is 1. The highest BCUT2D eigenvalue weighted by atomic mass is 16.2. The van der Waals surface area contributed by atoms with Crippen molar-refractivity contribution in [3.05, 3.63) is 35.4 Å². The zero-order valence-electron chi connectivity index (χ0n) is 15.7. The molecule has 1 heterocycles. The summed E-state index contributed by atoms with van der Waals surface area (Å²) in [6.07, 6.45) is 3.41. The summed E-state index contributed by atoms with van der Waals surface area (Å²) in [5.74, 6) is 0.213. The molecule has 2 rings (SSSR count). The van der Waals surface area contributed by atoms with Gasteiger partial charge in [0.05, 0.1) is 0 Å². The van der Waals surface area contributed by atoms with E-state index in [2.05, 4.69) is 38.1 Å². The molecule has 0 saturated carbocycles. The number of carbonyl (C=O) groups excluding carboxylic acids is 1. The monoisotopic (exact) mass is 305 g/mol. The van der Waals surface area contributed by atoms with Crippen LogP contribution in [0, 0.1) is 12.3 Å². The average molecular weight is 306 g/mol. The van der Waals surface area contributed by atoms with Crippen molar-refractivity contribution in [3.63, 3.8) is 0 Å². The van der Waals surface area contributed by atoms with E-state index in [1.165, 1.54) is 17.5 Å². The first-order valence-corrected chi connectivity index (χ1v) is 8.80. The first-order chi connectivity index (χ1) is 10.5. The Labute approximate surface area is 137 Å². The molecule has 0 aromatic heterocycles. The molecule has 1 aliphatic rings. The van der Waals surface area contributed by atoms with Gasteiger partial charge in [-0.05, 0) is 37.2 Å². The van der Waals surface area contributed by atoms with Crippen molar-refractivity contribution in [2.75, 3.05) is 13.1 Å². The Bertz CT molecular complexity index is 424. The average Bonchev–Trinajstić information content (AvgIpc) is 2.53. The molecule has 22 heavy (non-hydrogen) atoms. The van der Waals surface area contributed by atoms with Crippen molar-refractivity contribution in [2.45, 2.75) is 67.7 Å². The van der Waals surface area contributed by atoms with Crippen molar-refractivity contribution >= 4 is 5.91 Å². The van der Waals surface area contributed by atoms with E-state index in [1.54, 1.807) is 6.92 Å². The predicted octanol–water partition coefficient (Wildman–Crippen LogP) is 5.24. The Morgan fingerprint density at radius 2 is 1.68 bits per heavy atom. The number of rotatable bonds is 2. The van der Waals surface area contributed by atoms with Gasteiger partial charge in [-0.2, -0.15) is 0 Å². The van der Waals surface area contributed by atoms with Crippen molar-refractivity contribution in [3.8, 4) is 0 Å². The number of carbonyl (C=O) groups is 1. The molecular weight excluding hydrogens is 270 g/mol. The number of likely N-dealkylation sites (tertiary alicyclic amines) is 1. The van der Waals surface area contributed by atoms with E-state index in [-0.39, 0.29) is 11.3 Å². The minimum absolute atomic E-state index is 0.213. The highest BCUT2D eigenvalue weighted by Crippen LogP contribution is 2.33. The van der Waals surface area contributed by atoms with E-state index >= 15 is 0 Å². The largest absolute Gasteiger partial charge is 0.342 e. The third-order valence-corrected chi connectivity index (χ3v) is 3.98. The van der Waals surface area contributed by atoms with Crippen LogP contribution in [0.1, 0.15) is 65.5 Å². The van der Waals surface area contributed by atoms with Crippen LogP contribution in [0.5, 0.6) is 0 Å². The lowest BCUT2D eigenvalue weighted by Crippen LogP contribution is -2.44. The second-order valence-electron chi connectivity index (χ2n) is 6.02. The third-order valence-electron chi connectivity index (χ3n) is 3.98. The van der Waals surface area contributed by atoms with Gasteiger partial charge in [0.25, 0.3) is 0 Å². The first-order valence-electron chi connectivity index (χ1n) is 8.80. The molecule has 0 aliphatic carbocycles. The Morgan fingerprint density at radius 3 is 2.18 bits per heavy atom. The topological polar surface area (TPSA) is 20.3 Å². The summed E-state index contributed by atoms with van der Waals surface area (Å²) in [5, 5.41) is 0. The lowest BCUT2D eigenvalue weighted by Gasteiger charge is -2.40. The summed E-state index contributed by atoms with van der Waals surface area (Å²) < 4.78 is 0. The van der Waals surface area contributed by atoms with Crippen LogP contribution in [-0.2, 0) is 11.2 Å². The maximum Gasteiger partial charge on any atom is 0.219 e. The summed E-state index contributed by atoms with van der Waals surface area (Å²) in [4.78, 5) is 13.5. The molecule has 2 heteroatoms. The van der Waals surface area contributed by atoms with Gasteiger partial charge in [0.1, 0.15) is 0 Å². The van der Waals surface area contributed by atoms with Crippen molar-refractivity contribution < 1.29 is 4.79 Å². The molecule has 0 bridgehead atoms. The minimum Gasteiger partial charge on any atom is -0.342 e. The van der Waals surface area contributed by atoms with E-state index < -0.39 is 0 Å². The Morgan fingerprint density at radius 1 is 1.14 bits per heavy atom. The van der Waals surface area contributed by atoms with Gasteiger partial charge in [0.15, 0.2) is 0 Å². The molecule has 2 nitrogen and oxygen atoms in total. The fourth-order valence-corrected chi connectivity index (χ4v) is 2.93. The van der Waals surface area contributed by atoms with E-state index in [0.717, 1.165) is 25.9 Å². The predicted molar refractivity (Wildman–Crippen MR) is 97.2 cm³/mol. The number of aryl methyl sites for hydroxylation is 1. The second-order valence-corrected chi connectivity index (χ2v) is 6.02. The summed E-state index contributed by atoms with van der Waals surface area (Å²) in [6, 6.07) is 8.77. The van der Waals surface area contributed by atoms with Crippen LogP contribution in [0.4, 0.5) is 0 Å². The Balaban J connectivity index is 0.00000102. The van der Waals surface area contributed by atoms with Crippen LogP contribution < -0.4 is 0 Å². The molecule has 126 valence electrons. The maximum atomic E-state index is 11.5. The SMILES string of the molecule is CC.CC.CC(=O)N1CCCC(C)(Cc2ccc(C)cc2)C1. The van der Waals surface area contributed by atoms with Crippen LogP contribution in [0.3, 0.4) is 0 Å². The molecule has 1 unspecified atom stereocenters. The number of amides is 1. The van der Waals surface area contributed by atoms with Gasteiger partial charge in [0, 0.05) is 20.0 Å². The third kappa shape index (κ3) is 6.64. The zero-order valence-corrected chi connectivity index (χ0v) is 15.7. The molecule has 1 aromatic rings. The summed E-state index contributed by atoms with van der Waals surface area (Å²) in [7, 11) is 0. The molecule has 0 N–H and O–H groups in total. The Kier molecular flexibility index (Phi) is 9.80. The van der Waals surface area contributed by atoms with E-state index in [4.69, 9.17) is 0 Å². The summed E-state index contributed by atoms with van der Waals surface area (Å²) in [5.41, 5.74) is 2.92. The van der Waals surface area contributed by atoms with Gasteiger partial charge in [-0.15, -0.1) is 0 Å².